The summed E-state index contributed by atoms with van der Waals surface area (Å²) in [7, 11) is 0. The van der Waals surface area contributed by atoms with Gasteiger partial charge in [0.1, 0.15) is 0 Å². The third-order valence-electron chi connectivity index (χ3n) is 1.07. The van der Waals surface area contributed by atoms with E-state index in [4.69, 9.17) is 5.11 Å². The first-order valence-corrected chi connectivity index (χ1v) is 3.86. The van der Waals surface area contributed by atoms with Gasteiger partial charge in [0.15, 0.2) is 0 Å². The highest BCUT2D eigenvalue weighted by Crippen LogP contribution is 2.17. The van der Waals surface area contributed by atoms with Crippen molar-refractivity contribution in [2.45, 2.75) is 38.7 Å². The van der Waals surface area contributed by atoms with Gasteiger partial charge in [0, 0.05) is 5.54 Å². The van der Waals surface area contributed by atoms with E-state index in [1.807, 2.05) is 0 Å². The summed E-state index contributed by atoms with van der Waals surface area (Å²) in [6.45, 7) is 4.81. The van der Waals surface area contributed by atoms with Crippen LogP contribution in [0.3, 0.4) is 0 Å². The zero-order valence-electron chi connectivity index (χ0n) is 8.07. The smallest absolute Gasteiger partial charge is 0.366 e. The van der Waals surface area contributed by atoms with Crippen LogP contribution in [-0.4, -0.2) is 29.1 Å². The lowest BCUT2D eigenvalue weighted by Crippen LogP contribution is -2.53. The van der Waals surface area contributed by atoms with Crippen molar-refractivity contribution < 1.29 is 23.1 Å². The molecule has 7 heteroatoms. The van der Waals surface area contributed by atoms with Crippen LogP contribution >= 0.6 is 0 Å². The predicted molar refractivity (Wildman–Crippen MR) is 43.5 cm³/mol. The summed E-state index contributed by atoms with van der Waals surface area (Å²) in [5.41, 5.74) is -0.657. The minimum Gasteiger partial charge on any atom is -0.366 e. The van der Waals surface area contributed by atoms with E-state index in [1.165, 1.54) is 5.32 Å². The topological polar surface area (TPSA) is 61.4 Å². The molecule has 1 unspecified atom stereocenters. The molecule has 0 bridgehead atoms. The van der Waals surface area contributed by atoms with Crippen LogP contribution in [0, 0.1) is 0 Å². The number of hydrogen-bond donors (Lipinski definition) is 3. The van der Waals surface area contributed by atoms with Crippen LogP contribution in [-0.2, 0) is 0 Å². The number of urea groups is 1. The van der Waals surface area contributed by atoms with Crippen molar-refractivity contribution in [2.75, 3.05) is 0 Å². The third-order valence-corrected chi connectivity index (χ3v) is 1.07. The third kappa shape index (κ3) is 5.63. The highest BCUT2D eigenvalue weighted by atomic mass is 19.4. The molecule has 1 atom stereocenters. The summed E-state index contributed by atoms with van der Waals surface area (Å²) in [6, 6.07) is -1.07. The molecule has 0 spiro atoms. The van der Waals surface area contributed by atoms with Gasteiger partial charge in [0.25, 0.3) is 0 Å². The van der Waals surface area contributed by atoms with Gasteiger partial charge in [-0.05, 0) is 20.8 Å². The molecule has 0 rings (SSSR count). The number of carbonyl (C=O) groups is 1. The molecule has 0 saturated carbocycles. The fourth-order valence-electron chi connectivity index (χ4n) is 0.583. The summed E-state index contributed by atoms with van der Waals surface area (Å²) in [5, 5.41) is 12.0. The molecule has 84 valence electrons. The Bertz CT molecular complexity index is 210. The number of nitrogens with one attached hydrogen (secondary N) is 2. The molecule has 0 fully saturated rings. The van der Waals surface area contributed by atoms with Crippen LogP contribution in [0.15, 0.2) is 0 Å². The molecule has 0 aliphatic rings. The predicted octanol–water partition coefficient (Wildman–Crippen LogP) is 0.965. The lowest BCUT2D eigenvalue weighted by molar-refractivity contribution is -0.209. The van der Waals surface area contributed by atoms with Crippen molar-refractivity contribution in [1.29, 1.82) is 0 Å². The highest BCUT2D eigenvalue weighted by molar-refractivity contribution is 5.74. The quantitative estimate of drug-likeness (QED) is 0.569. The lowest BCUT2D eigenvalue weighted by Gasteiger charge is -2.23. The minimum atomic E-state index is -4.85. The van der Waals surface area contributed by atoms with Gasteiger partial charge in [0.2, 0.25) is 6.23 Å². The highest BCUT2D eigenvalue weighted by Gasteiger charge is 2.39. The fraction of sp³-hybridized carbons (Fsp3) is 0.857. The zero-order valence-corrected chi connectivity index (χ0v) is 8.07. The Hall–Kier alpha value is -0.980. The minimum absolute atomic E-state index is 0.657. The Labute approximate surface area is 79.5 Å². The maximum absolute atomic E-state index is 11.7. The Balaban J connectivity index is 4.09. The summed E-state index contributed by atoms with van der Waals surface area (Å²) >= 11 is 0. The van der Waals surface area contributed by atoms with E-state index in [0.29, 0.717) is 0 Å². The standard InChI is InChI=1S/C7H13F3N2O2/c1-6(2,3)12-5(14)11-4(13)7(8,9)10/h4,13H,1-3H3,(H2,11,12,14). The molecular formula is C7H13F3N2O2. The van der Waals surface area contributed by atoms with Crippen LogP contribution in [0.1, 0.15) is 20.8 Å². The van der Waals surface area contributed by atoms with E-state index < -0.39 is 24.0 Å². The van der Waals surface area contributed by atoms with Crippen molar-refractivity contribution >= 4 is 6.03 Å². The van der Waals surface area contributed by atoms with Gasteiger partial charge in [-0.2, -0.15) is 13.2 Å². The number of carbonyl (C=O) groups excluding carboxylic acids is 1. The van der Waals surface area contributed by atoms with Gasteiger partial charge in [-0.1, -0.05) is 0 Å². The molecule has 0 aromatic carbocycles. The normalized spacial score (nSPS) is 14.8. The molecule has 3 N–H and O–H groups in total. The first kappa shape index (κ1) is 13.0. The Morgan fingerprint density at radius 3 is 2.00 bits per heavy atom. The van der Waals surface area contributed by atoms with Crippen molar-refractivity contribution in [3.63, 3.8) is 0 Å². The average Bonchev–Trinajstić information content (AvgIpc) is 1.79. The average molecular weight is 214 g/mol. The second kappa shape index (κ2) is 4.04. The van der Waals surface area contributed by atoms with Crippen molar-refractivity contribution in [2.24, 2.45) is 0 Å². The summed E-state index contributed by atoms with van der Waals surface area (Å²) < 4.78 is 35.2. The first-order chi connectivity index (χ1) is 6.02. The van der Waals surface area contributed by atoms with E-state index in [1.54, 1.807) is 20.8 Å². The van der Waals surface area contributed by atoms with Crippen LogP contribution in [0.2, 0.25) is 0 Å². The lowest BCUT2D eigenvalue weighted by atomic mass is 10.1. The molecule has 0 saturated heterocycles. The maximum Gasteiger partial charge on any atom is 0.433 e. The molecular weight excluding hydrogens is 201 g/mol. The molecule has 0 aliphatic heterocycles. The SMILES string of the molecule is CC(C)(C)NC(=O)NC(O)C(F)(F)F. The molecule has 0 aliphatic carbocycles. The van der Waals surface area contributed by atoms with E-state index in [0.717, 1.165) is 0 Å². The largest absolute Gasteiger partial charge is 0.433 e. The monoisotopic (exact) mass is 214 g/mol. The number of rotatable bonds is 1. The van der Waals surface area contributed by atoms with Gasteiger partial charge < -0.3 is 15.7 Å². The van der Waals surface area contributed by atoms with Crippen molar-refractivity contribution in [3.8, 4) is 0 Å². The van der Waals surface area contributed by atoms with Gasteiger partial charge in [0.05, 0.1) is 0 Å². The molecule has 0 heterocycles. The van der Waals surface area contributed by atoms with E-state index in [-0.39, 0.29) is 0 Å². The van der Waals surface area contributed by atoms with E-state index >= 15 is 0 Å². The number of alkyl halides is 3. The molecule has 0 aromatic rings. The number of aliphatic hydroxyl groups is 1. The van der Waals surface area contributed by atoms with Crippen molar-refractivity contribution in [1.82, 2.24) is 10.6 Å². The van der Waals surface area contributed by atoms with Gasteiger partial charge >= 0.3 is 12.2 Å². The van der Waals surface area contributed by atoms with E-state index in [9.17, 15) is 18.0 Å². The molecule has 0 radical (unpaired) electrons. The van der Waals surface area contributed by atoms with Crippen LogP contribution in [0.5, 0.6) is 0 Å². The first-order valence-electron chi connectivity index (χ1n) is 3.86. The zero-order chi connectivity index (χ0) is 11.6. The number of aliphatic hydroxyl groups excluding tert-OH is 1. The van der Waals surface area contributed by atoms with Gasteiger partial charge in [-0.15, -0.1) is 0 Å². The number of amides is 2. The molecule has 0 aromatic heterocycles. The molecule has 2 amide bonds. The molecule has 14 heavy (non-hydrogen) atoms. The van der Waals surface area contributed by atoms with Gasteiger partial charge in [-0.3, -0.25) is 0 Å². The van der Waals surface area contributed by atoms with Crippen LogP contribution in [0.4, 0.5) is 18.0 Å². The van der Waals surface area contributed by atoms with Crippen LogP contribution < -0.4 is 10.6 Å². The fourth-order valence-corrected chi connectivity index (χ4v) is 0.583. The van der Waals surface area contributed by atoms with Crippen molar-refractivity contribution in [3.05, 3.63) is 0 Å². The van der Waals surface area contributed by atoms with Crippen LogP contribution in [0.25, 0.3) is 0 Å². The number of halogens is 3. The summed E-state index contributed by atoms with van der Waals surface area (Å²) in [5.74, 6) is 0. The number of hydrogen-bond acceptors (Lipinski definition) is 2. The Morgan fingerprint density at radius 2 is 1.71 bits per heavy atom. The second-order valence-corrected chi connectivity index (χ2v) is 3.79. The maximum atomic E-state index is 11.7. The Kier molecular flexibility index (Phi) is 3.75. The Morgan fingerprint density at radius 1 is 1.29 bits per heavy atom. The van der Waals surface area contributed by atoms with E-state index in [2.05, 4.69) is 5.32 Å². The second-order valence-electron chi connectivity index (χ2n) is 3.79. The van der Waals surface area contributed by atoms with Gasteiger partial charge in [-0.25, -0.2) is 4.79 Å². The summed E-state index contributed by atoms with van der Waals surface area (Å²) in [6.07, 6.45) is -7.69. The summed E-state index contributed by atoms with van der Waals surface area (Å²) in [4.78, 5) is 10.8. The molecule has 4 nitrogen and oxygen atoms in total.